The molecule has 0 aromatic rings. The molecule has 0 aliphatic carbocycles. The van der Waals surface area contributed by atoms with E-state index >= 15 is 0 Å². The second-order valence-electron chi connectivity index (χ2n) is 2.27. The normalized spacial score (nSPS) is 20.0. The van der Waals surface area contributed by atoms with Gasteiger partial charge in [-0.25, -0.2) is 0 Å². The fraction of sp³-hybridized carbons (Fsp3) is 0.111. The summed E-state index contributed by atoms with van der Waals surface area (Å²) in [5, 5.41) is 0. The smallest absolute Gasteiger partial charge is 0.119 e. The molecule has 0 saturated heterocycles. The van der Waals surface area contributed by atoms with Gasteiger partial charge in [-0.15, -0.1) is 4.58 Å². The van der Waals surface area contributed by atoms with E-state index in [9.17, 15) is 0 Å². The molecule has 0 saturated carbocycles. The van der Waals surface area contributed by atoms with Crippen molar-refractivity contribution in [1.82, 2.24) is 0 Å². The van der Waals surface area contributed by atoms with Gasteiger partial charge in [-0.05, 0) is 24.6 Å². The van der Waals surface area contributed by atoms with Crippen LogP contribution in [-0.2, 0) is 0 Å². The van der Waals surface area contributed by atoms with Gasteiger partial charge in [-0.1, -0.05) is 0 Å². The minimum absolute atomic E-state index is 1.04. The molecule has 0 aromatic heterocycles. The zero-order valence-corrected chi connectivity index (χ0v) is 5.62. The van der Waals surface area contributed by atoms with Crippen molar-refractivity contribution in [3.63, 3.8) is 0 Å². The van der Waals surface area contributed by atoms with Gasteiger partial charge in [0, 0.05) is 12.2 Å². The van der Waals surface area contributed by atoms with Crippen molar-refractivity contribution >= 4 is 5.87 Å². The van der Waals surface area contributed by atoms with Gasteiger partial charge >= 0.3 is 0 Å². The molecule has 0 spiro atoms. The molecule has 0 atom stereocenters. The van der Waals surface area contributed by atoms with E-state index in [4.69, 9.17) is 0 Å². The Morgan fingerprint density at radius 3 is 3.40 bits per heavy atom. The molecule has 0 unspecified atom stereocenters. The second-order valence-corrected chi connectivity index (χ2v) is 2.27. The molecule has 10 heavy (non-hydrogen) atoms. The summed E-state index contributed by atoms with van der Waals surface area (Å²) < 4.78 is 1.99. The van der Waals surface area contributed by atoms with Crippen molar-refractivity contribution in [2.24, 2.45) is 0 Å². The summed E-state index contributed by atoms with van der Waals surface area (Å²) in [6.07, 6.45) is 13.4. The molecule has 0 radical (unpaired) electrons. The van der Waals surface area contributed by atoms with E-state index in [0.717, 1.165) is 6.42 Å². The Morgan fingerprint density at radius 2 is 2.50 bits per heavy atom. The molecule has 2 rings (SSSR count). The first-order chi connectivity index (χ1) is 4.97. The van der Waals surface area contributed by atoms with Gasteiger partial charge in [0.2, 0.25) is 5.70 Å². The molecule has 2 heterocycles. The van der Waals surface area contributed by atoms with Crippen LogP contribution in [0.25, 0.3) is 0 Å². The van der Waals surface area contributed by atoms with E-state index in [-0.39, 0.29) is 0 Å². The van der Waals surface area contributed by atoms with Gasteiger partial charge in [0.1, 0.15) is 0 Å². The maximum atomic E-state index is 3.09. The third kappa shape index (κ3) is 0.772. The third-order valence-corrected chi connectivity index (χ3v) is 1.57. The lowest BCUT2D eigenvalue weighted by Gasteiger charge is -1.99. The maximum absolute atomic E-state index is 3.09. The van der Waals surface area contributed by atoms with E-state index in [1.165, 1.54) is 5.70 Å². The molecule has 2 aliphatic rings. The number of fused-ring (bicyclic) bond motifs is 1. The average molecular weight is 130 g/mol. The zero-order valence-electron chi connectivity index (χ0n) is 5.62. The zero-order chi connectivity index (χ0) is 6.81. The average Bonchev–Trinajstić information content (AvgIpc) is 2.05. The number of nitrogens with zero attached hydrogens (tertiary/aromatic N) is 1. The van der Waals surface area contributed by atoms with Crippen molar-refractivity contribution in [3.8, 4) is 0 Å². The van der Waals surface area contributed by atoms with E-state index < -0.39 is 0 Å². The third-order valence-electron chi connectivity index (χ3n) is 1.57. The summed E-state index contributed by atoms with van der Waals surface area (Å²) in [7, 11) is 0. The van der Waals surface area contributed by atoms with Crippen LogP contribution in [0, 0.1) is 0 Å². The van der Waals surface area contributed by atoms with Crippen LogP contribution < -0.4 is 0 Å². The SMILES string of the molecule is C1=CC=CC2=CCC=C[N+]=12. The van der Waals surface area contributed by atoms with Gasteiger partial charge in [0.05, 0.1) is 0 Å². The lowest BCUT2D eigenvalue weighted by Crippen LogP contribution is -2.05. The van der Waals surface area contributed by atoms with E-state index in [1.54, 1.807) is 0 Å². The van der Waals surface area contributed by atoms with Crippen LogP contribution in [-0.4, -0.2) is 10.4 Å². The topological polar surface area (TPSA) is 3.01 Å². The molecule has 0 fully saturated rings. The van der Waals surface area contributed by atoms with Crippen molar-refractivity contribution in [1.29, 1.82) is 0 Å². The van der Waals surface area contributed by atoms with Crippen LogP contribution in [0.4, 0.5) is 0 Å². The first-order valence-corrected chi connectivity index (χ1v) is 3.39. The molecule has 1 nitrogen and oxygen atoms in total. The number of hydrogen-bond donors (Lipinski definition) is 0. The van der Waals surface area contributed by atoms with Crippen molar-refractivity contribution in [2.45, 2.75) is 6.42 Å². The summed E-state index contributed by atoms with van der Waals surface area (Å²) in [6.45, 7) is 0. The first-order valence-electron chi connectivity index (χ1n) is 3.39. The predicted octanol–water partition coefficient (Wildman–Crippen LogP) is 1.60. The van der Waals surface area contributed by atoms with Crippen LogP contribution >= 0.6 is 0 Å². The fourth-order valence-corrected chi connectivity index (χ4v) is 1.08. The highest BCUT2D eigenvalue weighted by Crippen LogP contribution is 2.09. The van der Waals surface area contributed by atoms with E-state index in [1.807, 2.05) is 22.9 Å². The number of allylic oxidation sites excluding steroid dienone is 5. The Balaban J connectivity index is 2.54. The van der Waals surface area contributed by atoms with Crippen LogP contribution in [0.15, 0.2) is 42.3 Å². The Kier molecular flexibility index (Phi) is 1.16. The lowest BCUT2D eigenvalue weighted by atomic mass is 10.2. The minimum Gasteiger partial charge on any atom is -0.119 e. The first kappa shape index (κ1) is 5.45. The second kappa shape index (κ2) is 2.13. The summed E-state index contributed by atoms with van der Waals surface area (Å²) >= 11 is 0. The molecule has 0 amide bonds. The summed E-state index contributed by atoms with van der Waals surface area (Å²) in [5.41, 5.74) is 1.23. The van der Waals surface area contributed by atoms with Crippen molar-refractivity contribution < 1.29 is 4.58 Å². The van der Waals surface area contributed by atoms with Gasteiger partial charge in [0.15, 0.2) is 12.1 Å². The Bertz CT molecular complexity index is 297. The molecular formula is C9H8N+. The summed E-state index contributed by atoms with van der Waals surface area (Å²) in [4.78, 5) is 0. The molecule has 1 heteroatoms. The van der Waals surface area contributed by atoms with Gasteiger partial charge in [0.25, 0.3) is 0 Å². The molecule has 48 valence electrons. The largest absolute Gasteiger partial charge is 0.216 e. The van der Waals surface area contributed by atoms with Gasteiger partial charge in [-0.2, -0.15) is 0 Å². The highest BCUT2D eigenvalue weighted by molar-refractivity contribution is 5.53. The standard InChI is InChI=1S/C9H8N/c1-3-7-10-8-4-2-6-9(10)5-1/h1,3-6,8H,2H2/q+1. The van der Waals surface area contributed by atoms with E-state index in [0.29, 0.717) is 0 Å². The van der Waals surface area contributed by atoms with E-state index in [2.05, 4.69) is 24.1 Å². The Morgan fingerprint density at radius 1 is 1.50 bits per heavy atom. The van der Waals surface area contributed by atoms with Crippen molar-refractivity contribution in [2.75, 3.05) is 0 Å². The van der Waals surface area contributed by atoms with Crippen LogP contribution in [0.3, 0.4) is 0 Å². The Labute approximate surface area is 60.0 Å². The summed E-state index contributed by atoms with van der Waals surface area (Å²) in [5.74, 6) is 3.09. The fourth-order valence-electron chi connectivity index (χ4n) is 1.08. The number of rotatable bonds is 0. The quantitative estimate of drug-likeness (QED) is 0.438. The highest BCUT2D eigenvalue weighted by atomic mass is 15.0. The Hall–Kier alpha value is -1.33. The number of hydrogen-bond acceptors (Lipinski definition) is 0. The minimum atomic E-state index is 1.04. The molecule has 0 bridgehead atoms. The van der Waals surface area contributed by atoms with Crippen LogP contribution in [0.2, 0.25) is 0 Å². The molecule has 2 aliphatic heterocycles. The van der Waals surface area contributed by atoms with Gasteiger partial charge in [-0.3, -0.25) is 0 Å². The molecular weight excluding hydrogens is 122 g/mol. The molecule has 0 N–H and O–H groups in total. The molecule has 0 aromatic carbocycles. The van der Waals surface area contributed by atoms with Crippen LogP contribution in [0.1, 0.15) is 6.42 Å². The van der Waals surface area contributed by atoms with Crippen molar-refractivity contribution in [3.05, 3.63) is 42.3 Å². The predicted molar refractivity (Wildman–Crippen MR) is 40.8 cm³/mol. The summed E-state index contributed by atoms with van der Waals surface area (Å²) in [6, 6.07) is 0. The lowest BCUT2D eigenvalue weighted by molar-refractivity contribution is -0.389. The monoisotopic (exact) mass is 130 g/mol. The van der Waals surface area contributed by atoms with Gasteiger partial charge < -0.3 is 0 Å². The van der Waals surface area contributed by atoms with Crippen LogP contribution in [0.5, 0.6) is 0 Å². The highest BCUT2D eigenvalue weighted by Gasteiger charge is 2.10. The maximum Gasteiger partial charge on any atom is 0.216 e.